The Bertz CT molecular complexity index is 1190. The molecule has 1 N–H and O–H groups in total. The number of alkyl halides is 3. The Kier molecular flexibility index (Phi) is 6.25. The first-order chi connectivity index (χ1) is 16.5. The number of hydrogen-bond donors (Lipinski definition) is 1. The number of carbonyl (C=O) groups excluding carboxylic acids is 2. The Hall–Kier alpha value is -3.55. The molecule has 1 atom stereocenters. The second-order valence-corrected chi connectivity index (χ2v) is 9.40. The standard InChI is InChI=1S/C24H27F3N6O2/c1-15-18(13-31(3)30-15)22(35)33-14-23(11-20(33)21(34)29-2)6-8-32(9-7-23)17-5-4-16(12-28)19(10-17)24(25,26)27/h4-5,10,13,20H,6-9,11,14H2,1-3H3,(H,29,34). The van der Waals surface area contributed by atoms with Crippen LogP contribution in [0.25, 0.3) is 0 Å². The summed E-state index contributed by atoms with van der Waals surface area (Å²) in [5, 5.41) is 15.9. The Morgan fingerprint density at radius 3 is 2.49 bits per heavy atom. The second kappa shape index (κ2) is 8.91. The van der Waals surface area contributed by atoms with Gasteiger partial charge in [0.05, 0.1) is 28.5 Å². The number of piperidine rings is 1. The van der Waals surface area contributed by atoms with E-state index in [1.165, 1.54) is 19.2 Å². The molecule has 4 rings (SSSR count). The van der Waals surface area contributed by atoms with E-state index in [0.717, 1.165) is 6.07 Å². The lowest BCUT2D eigenvalue weighted by Crippen LogP contribution is -2.45. The summed E-state index contributed by atoms with van der Waals surface area (Å²) in [5.41, 5.74) is -0.205. The molecule has 0 aliphatic carbocycles. The lowest BCUT2D eigenvalue weighted by Gasteiger charge is -2.40. The van der Waals surface area contributed by atoms with Crippen molar-refractivity contribution in [2.75, 3.05) is 31.6 Å². The molecule has 1 aromatic heterocycles. The summed E-state index contributed by atoms with van der Waals surface area (Å²) in [4.78, 5) is 29.5. The predicted octanol–water partition coefficient (Wildman–Crippen LogP) is 2.87. The van der Waals surface area contributed by atoms with Crippen molar-refractivity contribution < 1.29 is 22.8 Å². The van der Waals surface area contributed by atoms with Crippen molar-refractivity contribution in [1.29, 1.82) is 5.26 Å². The van der Waals surface area contributed by atoms with Crippen molar-refractivity contribution in [3.05, 3.63) is 46.8 Å². The van der Waals surface area contributed by atoms with Crippen LogP contribution >= 0.6 is 0 Å². The van der Waals surface area contributed by atoms with Crippen LogP contribution in [0.15, 0.2) is 24.4 Å². The summed E-state index contributed by atoms with van der Waals surface area (Å²) in [5.74, 6) is -0.480. The number of rotatable bonds is 3. The lowest BCUT2D eigenvalue weighted by molar-refractivity contribution is -0.137. The molecule has 186 valence electrons. The highest BCUT2D eigenvalue weighted by Crippen LogP contribution is 2.45. The number of aromatic nitrogens is 2. The average Bonchev–Trinajstić information content (AvgIpc) is 3.37. The van der Waals surface area contributed by atoms with Gasteiger partial charge in [0, 0.05) is 45.6 Å². The van der Waals surface area contributed by atoms with Gasteiger partial charge in [-0.15, -0.1) is 0 Å². The summed E-state index contributed by atoms with van der Waals surface area (Å²) in [6.45, 7) is 3.11. The lowest BCUT2D eigenvalue weighted by atomic mass is 9.76. The summed E-state index contributed by atoms with van der Waals surface area (Å²) in [6, 6.07) is 4.76. The summed E-state index contributed by atoms with van der Waals surface area (Å²) in [7, 11) is 3.27. The number of benzene rings is 1. The van der Waals surface area contributed by atoms with Crippen LogP contribution in [-0.2, 0) is 18.0 Å². The number of nitrogens with zero attached hydrogens (tertiary/aromatic N) is 5. The van der Waals surface area contributed by atoms with Gasteiger partial charge in [-0.05, 0) is 49.8 Å². The van der Waals surface area contributed by atoms with Crippen molar-refractivity contribution in [3.8, 4) is 6.07 Å². The number of nitrogens with one attached hydrogen (secondary N) is 1. The number of aryl methyl sites for hydroxylation is 2. The van der Waals surface area contributed by atoms with Crippen LogP contribution in [0.1, 0.15) is 46.4 Å². The van der Waals surface area contributed by atoms with Crippen molar-refractivity contribution in [3.63, 3.8) is 0 Å². The van der Waals surface area contributed by atoms with Crippen LogP contribution in [0.4, 0.5) is 18.9 Å². The van der Waals surface area contributed by atoms with Crippen LogP contribution in [0.3, 0.4) is 0 Å². The van der Waals surface area contributed by atoms with E-state index >= 15 is 0 Å². The van der Waals surface area contributed by atoms with Gasteiger partial charge < -0.3 is 15.1 Å². The molecule has 0 radical (unpaired) electrons. The summed E-state index contributed by atoms with van der Waals surface area (Å²) >= 11 is 0. The van der Waals surface area contributed by atoms with E-state index < -0.39 is 23.3 Å². The Morgan fingerprint density at radius 1 is 1.26 bits per heavy atom. The molecule has 35 heavy (non-hydrogen) atoms. The van der Waals surface area contributed by atoms with Gasteiger partial charge in [0.25, 0.3) is 5.91 Å². The van der Waals surface area contributed by atoms with Gasteiger partial charge in [0.15, 0.2) is 0 Å². The highest BCUT2D eigenvalue weighted by molar-refractivity contribution is 5.98. The normalized spacial score (nSPS) is 19.6. The minimum Gasteiger partial charge on any atom is -0.371 e. The monoisotopic (exact) mass is 488 g/mol. The molecule has 1 unspecified atom stereocenters. The SMILES string of the molecule is CNC(=O)C1CC2(CCN(c3ccc(C#N)c(C(F)(F)F)c3)CC2)CN1C(=O)c1cn(C)nc1C. The summed E-state index contributed by atoms with van der Waals surface area (Å²) < 4.78 is 41.8. The largest absolute Gasteiger partial charge is 0.417 e. The number of hydrogen-bond acceptors (Lipinski definition) is 5. The predicted molar refractivity (Wildman–Crippen MR) is 121 cm³/mol. The summed E-state index contributed by atoms with van der Waals surface area (Å²) in [6.07, 6.45) is -1.23. The first-order valence-electron chi connectivity index (χ1n) is 11.4. The highest BCUT2D eigenvalue weighted by atomic mass is 19.4. The third-order valence-electron chi connectivity index (χ3n) is 7.18. The number of likely N-dealkylation sites (tertiary alicyclic amines) is 1. The van der Waals surface area contributed by atoms with Crippen LogP contribution < -0.4 is 10.2 Å². The zero-order chi connectivity index (χ0) is 25.5. The van der Waals surface area contributed by atoms with E-state index in [1.54, 1.807) is 35.8 Å². The number of likely N-dealkylation sites (N-methyl/N-ethyl adjacent to an activating group) is 1. The van der Waals surface area contributed by atoms with Gasteiger partial charge in [-0.2, -0.15) is 23.5 Å². The third kappa shape index (κ3) is 4.57. The molecular weight excluding hydrogens is 461 g/mol. The van der Waals surface area contributed by atoms with E-state index in [-0.39, 0.29) is 17.2 Å². The van der Waals surface area contributed by atoms with Crippen LogP contribution in [0.2, 0.25) is 0 Å². The molecule has 2 amide bonds. The van der Waals surface area contributed by atoms with Gasteiger partial charge in [-0.1, -0.05) is 0 Å². The molecular formula is C24H27F3N6O2. The maximum absolute atomic E-state index is 13.4. The Morgan fingerprint density at radius 2 is 1.94 bits per heavy atom. The van der Waals surface area contributed by atoms with Crippen LogP contribution in [-0.4, -0.2) is 59.2 Å². The van der Waals surface area contributed by atoms with Gasteiger partial charge >= 0.3 is 6.18 Å². The maximum atomic E-state index is 13.4. The van der Waals surface area contributed by atoms with E-state index in [4.69, 9.17) is 5.26 Å². The molecule has 3 heterocycles. The number of amides is 2. The minimum absolute atomic E-state index is 0.235. The fourth-order valence-electron chi connectivity index (χ4n) is 5.30. The molecule has 2 aliphatic heterocycles. The van der Waals surface area contributed by atoms with Gasteiger partial charge in [0.2, 0.25) is 5.91 Å². The molecule has 2 saturated heterocycles. The molecule has 8 nitrogen and oxygen atoms in total. The highest BCUT2D eigenvalue weighted by Gasteiger charge is 2.50. The zero-order valence-corrected chi connectivity index (χ0v) is 19.8. The molecule has 2 aliphatic rings. The first-order valence-corrected chi connectivity index (χ1v) is 11.4. The number of anilines is 1. The van der Waals surface area contributed by atoms with Gasteiger partial charge in [-0.25, -0.2) is 0 Å². The van der Waals surface area contributed by atoms with E-state index in [0.29, 0.717) is 55.8 Å². The number of carbonyl (C=O) groups is 2. The molecule has 11 heteroatoms. The smallest absolute Gasteiger partial charge is 0.371 e. The van der Waals surface area contributed by atoms with Crippen molar-refractivity contribution >= 4 is 17.5 Å². The Balaban J connectivity index is 1.54. The molecule has 0 saturated carbocycles. The fraction of sp³-hybridized carbons (Fsp3) is 0.500. The molecule has 2 aromatic rings. The molecule has 1 aromatic carbocycles. The third-order valence-corrected chi connectivity index (χ3v) is 7.18. The average molecular weight is 489 g/mol. The maximum Gasteiger partial charge on any atom is 0.417 e. The number of halogens is 3. The second-order valence-electron chi connectivity index (χ2n) is 9.40. The molecule has 1 spiro atoms. The topological polar surface area (TPSA) is 94.3 Å². The minimum atomic E-state index is -4.62. The van der Waals surface area contributed by atoms with Gasteiger partial charge in [-0.3, -0.25) is 14.3 Å². The van der Waals surface area contributed by atoms with Crippen LogP contribution in [0, 0.1) is 23.7 Å². The zero-order valence-electron chi connectivity index (χ0n) is 19.8. The molecule has 2 fully saturated rings. The van der Waals surface area contributed by atoms with Crippen molar-refractivity contribution in [1.82, 2.24) is 20.0 Å². The fourth-order valence-corrected chi connectivity index (χ4v) is 5.30. The van der Waals surface area contributed by atoms with Crippen molar-refractivity contribution in [2.24, 2.45) is 12.5 Å². The molecule has 0 bridgehead atoms. The first kappa shape index (κ1) is 24.6. The quantitative estimate of drug-likeness (QED) is 0.717. The van der Waals surface area contributed by atoms with Crippen LogP contribution in [0.5, 0.6) is 0 Å². The Labute approximate surface area is 201 Å². The van der Waals surface area contributed by atoms with E-state index in [9.17, 15) is 22.8 Å². The van der Waals surface area contributed by atoms with Gasteiger partial charge in [0.1, 0.15) is 6.04 Å². The van der Waals surface area contributed by atoms with Crippen molar-refractivity contribution in [2.45, 2.75) is 38.4 Å². The van der Waals surface area contributed by atoms with E-state index in [2.05, 4.69) is 10.4 Å². The van der Waals surface area contributed by atoms with E-state index in [1.807, 2.05) is 4.90 Å². The number of nitriles is 1.